The zero-order valence-electron chi connectivity index (χ0n) is 11.8. The molecular weight excluding hydrogens is 266 g/mol. The molecule has 0 saturated carbocycles. The van der Waals surface area contributed by atoms with Gasteiger partial charge in [0.25, 0.3) is 5.95 Å². The third-order valence-corrected chi connectivity index (χ3v) is 4.41. The maximum Gasteiger partial charge on any atom is 0.256 e. The molecule has 0 aliphatic heterocycles. The number of aryl methyl sites for hydroxylation is 2. The summed E-state index contributed by atoms with van der Waals surface area (Å²) >= 11 is 0. The minimum absolute atomic E-state index is 0.0189. The van der Waals surface area contributed by atoms with Gasteiger partial charge in [0.15, 0.2) is 0 Å². The Balaban J connectivity index is 2.70. The number of hydrogen-bond donors (Lipinski definition) is 2. The van der Waals surface area contributed by atoms with Gasteiger partial charge in [-0.25, -0.2) is 18.1 Å². The lowest BCUT2D eigenvalue weighted by molar-refractivity contribution is 0.575. The molecule has 8 heteroatoms. The van der Waals surface area contributed by atoms with Gasteiger partial charge in [-0.2, -0.15) is 5.10 Å². The standard InChI is InChI=1S/C11H21N5O2S/c1-5-6-12-7-8(2)19(17,18)16-11-13-9(3)10(4)14-15-11/h8,12H,5-7H2,1-4H3,(H,13,15,16). The van der Waals surface area contributed by atoms with Gasteiger partial charge in [-0.3, -0.25) is 0 Å². The van der Waals surface area contributed by atoms with E-state index in [9.17, 15) is 8.42 Å². The molecule has 0 bridgehead atoms. The van der Waals surface area contributed by atoms with Crippen molar-refractivity contribution in [2.24, 2.45) is 0 Å². The summed E-state index contributed by atoms with van der Waals surface area (Å²) < 4.78 is 26.4. The molecule has 0 saturated heterocycles. The molecule has 0 aliphatic rings. The van der Waals surface area contributed by atoms with Crippen LogP contribution in [0.4, 0.5) is 5.95 Å². The molecular formula is C11H21N5O2S. The number of nitrogens with zero attached hydrogens (tertiary/aromatic N) is 3. The smallest absolute Gasteiger partial charge is 0.256 e. The van der Waals surface area contributed by atoms with E-state index in [4.69, 9.17) is 0 Å². The summed E-state index contributed by atoms with van der Waals surface area (Å²) in [5, 5.41) is 10.1. The molecule has 1 heterocycles. The van der Waals surface area contributed by atoms with Gasteiger partial charge < -0.3 is 5.32 Å². The molecule has 2 N–H and O–H groups in total. The lowest BCUT2D eigenvalue weighted by Gasteiger charge is -2.14. The Morgan fingerprint density at radius 1 is 1.21 bits per heavy atom. The predicted octanol–water partition coefficient (Wildman–Crippen LogP) is 0.618. The van der Waals surface area contributed by atoms with E-state index in [-0.39, 0.29) is 5.95 Å². The topological polar surface area (TPSA) is 96.9 Å². The molecule has 7 nitrogen and oxygen atoms in total. The molecule has 0 radical (unpaired) electrons. The minimum atomic E-state index is -3.50. The molecule has 1 unspecified atom stereocenters. The van der Waals surface area contributed by atoms with Crippen molar-refractivity contribution in [3.05, 3.63) is 11.4 Å². The Labute approximate surface area is 114 Å². The highest BCUT2D eigenvalue weighted by Gasteiger charge is 2.21. The largest absolute Gasteiger partial charge is 0.315 e. The minimum Gasteiger partial charge on any atom is -0.315 e. The molecule has 1 aromatic rings. The fourth-order valence-corrected chi connectivity index (χ4v) is 2.20. The van der Waals surface area contributed by atoms with Crippen molar-refractivity contribution in [3.63, 3.8) is 0 Å². The second kappa shape index (κ2) is 6.76. The first-order valence-corrected chi connectivity index (χ1v) is 7.81. The fraction of sp³-hybridized carbons (Fsp3) is 0.727. The second-order valence-corrected chi connectivity index (χ2v) is 6.57. The highest BCUT2D eigenvalue weighted by molar-refractivity contribution is 7.93. The van der Waals surface area contributed by atoms with Crippen molar-refractivity contribution < 1.29 is 8.42 Å². The molecule has 0 amide bonds. The third-order valence-electron chi connectivity index (χ3n) is 2.71. The summed E-state index contributed by atoms with van der Waals surface area (Å²) in [4.78, 5) is 4.05. The summed E-state index contributed by atoms with van der Waals surface area (Å²) in [6.07, 6.45) is 0.963. The summed E-state index contributed by atoms with van der Waals surface area (Å²) in [6, 6.07) is 0. The normalized spacial score (nSPS) is 13.3. The van der Waals surface area contributed by atoms with Crippen molar-refractivity contribution >= 4 is 16.0 Å². The fourth-order valence-electron chi connectivity index (χ4n) is 1.32. The van der Waals surface area contributed by atoms with Crippen LogP contribution >= 0.6 is 0 Å². The van der Waals surface area contributed by atoms with Crippen molar-refractivity contribution in [1.29, 1.82) is 0 Å². The number of anilines is 1. The molecule has 108 valence electrons. The van der Waals surface area contributed by atoms with Crippen LogP contribution in [-0.2, 0) is 10.0 Å². The molecule has 0 fully saturated rings. The van der Waals surface area contributed by atoms with Crippen molar-refractivity contribution in [2.75, 3.05) is 17.8 Å². The van der Waals surface area contributed by atoms with Crippen molar-refractivity contribution in [3.8, 4) is 0 Å². The number of aromatic nitrogens is 3. The number of sulfonamides is 1. The first-order chi connectivity index (χ1) is 8.86. The van der Waals surface area contributed by atoms with Crippen LogP contribution in [0, 0.1) is 13.8 Å². The molecule has 1 aromatic heterocycles. The SMILES string of the molecule is CCCNCC(C)S(=O)(=O)Nc1nnc(C)c(C)n1. The quantitative estimate of drug-likeness (QED) is 0.714. The average molecular weight is 287 g/mol. The van der Waals surface area contributed by atoms with E-state index in [0.29, 0.717) is 17.9 Å². The second-order valence-electron chi connectivity index (χ2n) is 4.47. The summed E-state index contributed by atoms with van der Waals surface area (Å²) in [5.41, 5.74) is 1.34. The van der Waals surface area contributed by atoms with E-state index in [1.807, 2.05) is 6.92 Å². The summed E-state index contributed by atoms with van der Waals surface area (Å²) in [7, 11) is -3.50. The van der Waals surface area contributed by atoms with Crippen LogP contribution in [0.3, 0.4) is 0 Å². The van der Waals surface area contributed by atoms with E-state index in [2.05, 4.69) is 25.2 Å². The highest BCUT2D eigenvalue weighted by atomic mass is 32.2. The molecule has 1 rings (SSSR count). The van der Waals surface area contributed by atoms with E-state index in [1.54, 1.807) is 20.8 Å². The molecule has 19 heavy (non-hydrogen) atoms. The van der Waals surface area contributed by atoms with Gasteiger partial charge in [-0.05, 0) is 33.7 Å². The van der Waals surface area contributed by atoms with Crippen LogP contribution in [0.25, 0.3) is 0 Å². The molecule has 1 atom stereocenters. The Hall–Kier alpha value is -1.28. The van der Waals surface area contributed by atoms with Crippen LogP contribution < -0.4 is 10.0 Å². The van der Waals surface area contributed by atoms with Crippen molar-refractivity contribution in [2.45, 2.75) is 39.4 Å². The van der Waals surface area contributed by atoms with Crippen LogP contribution in [0.15, 0.2) is 0 Å². The van der Waals surface area contributed by atoms with E-state index in [0.717, 1.165) is 13.0 Å². The maximum atomic E-state index is 12.0. The Kier molecular flexibility index (Phi) is 5.61. The van der Waals surface area contributed by atoms with E-state index < -0.39 is 15.3 Å². The van der Waals surface area contributed by atoms with E-state index in [1.165, 1.54) is 0 Å². The number of nitrogens with one attached hydrogen (secondary N) is 2. The van der Waals surface area contributed by atoms with Gasteiger partial charge in [0.2, 0.25) is 10.0 Å². The van der Waals surface area contributed by atoms with E-state index >= 15 is 0 Å². The molecule has 0 aliphatic carbocycles. The predicted molar refractivity (Wildman–Crippen MR) is 74.5 cm³/mol. The average Bonchev–Trinajstić information content (AvgIpc) is 2.33. The highest BCUT2D eigenvalue weighted by Crippen LogP contribution is 2.07. The van der Waals surface area contributed by atoms with Crippen LogP contribution in [0.2, 0.25) is 0 Å². The number of rotatable bonds is 7. The Bertz CT molecular complexity index is 518. The summed E-state index contributed by atoms with van der Waals surface area (Å²) in [6.45, 7) is 8.38. The lowest BCUT2D eigenvalue weighted by atomic mass is 10.4. The first kappa shape index (κ1) is 15.8. The van der Waals surface area contributed by atoms with Gasteiger partial charge in [-0.15, -0.1) is 5.10 Å². The molecule has 0 spiro atoms. The van der Waals surface area contributed by atoms with Crippen molar-refractivity contribution in [1.82, 2.24) is 20.5 Å². The van der Waals surface area contributed by atoms with Crippen LogP contribution in [0.5, 0.6) is 0 Å². The van der Waals surface area contributed by atoms with Gasteiger partial charge in [0.1, 0.15) is 0 Å². The number of hydrogen-bond acceptors (Lipinski definition) is 6. The summed E-state index contributed by atoms with van der Waals surface area (Å²) in [5.74, 6) is 0.0189. The van der Waals surface area contributed by atoms with Gasteiger partial charge >= 0.3 is 0 Å². The van der Waals surface area contributed by atoms with Gasteiger partial charge in [0.05, 0.1) is 16.6 Å². The zero-order valence-corrected chi connectivity index (χ0v) is 12.6. The maximum absolute atomic E-state index is 12.0. The Morgan fingerprint density at radius 2 is 1.89 bits per heavy atom. The third kappa shape index (κ3) is 4.71. The van der Waals surface area contributed by atoms with Crippen LogP contribution in [-0.4, -0.2) is 41.9 Å². The Morgan fingerprint density at radius 3 is 2.47 bits per heavy atom. The van der Waals surface area contributed by atoms with Crippen LogP contribution in [0.1, 0.15) is 31.7 Å². The zero-order chi connectivity index (χ0) is 14.5. The monoisotopic (exact) mass is 287 g/mol. The van der Waals surface area contributed by atoms with Gasteiger partial charge in [0, 0.05) is 6.54 Å². The lowest BCUT2D eigenvalue weighted by Crippen LogP contribution is -2.35. The first-order valence-electron chi connectivity index (χ1n) is 6.27. The van der Waals surface area contributed by atoms with Gasteiger partial charge in [-0.1, -0.05) is 6.92 Å². The molecule has 0 aromatic carbocycles.